The Kier molecular flexibility index (Phi) is 5.28. The molecule has 1 aromatic carbocycles. The minimum atomic E-state index is -0.526. The minimum Gasteiger partial charge on any atom is -0.348 e. The number of hydrogen-bond acceptors (Lipinski definition) is 4. The average Bonchev–Trinajstić information content (AvgIpc) is 3.24. The highest BCUT2D eigenvalue weighted by atomic mass is 16.6. The Balaban J connectivity index is 1.91. The van der Waals surface area contributed by atoms with Crippen LogP contribution in [0.1, 0.15) is 18.4 Å². The van der Waals surface area contributed by atoms with E-state index in [1.165, 1.54) is 6.07 Å². The summed E-state index contributed by atoms with van der Waals surface area (Å²) in [7, 11) is 1.73. The van der Waals surface area contributed by atoms with Gasteiger partial charge >= 0.3 is 0 Å². The molecule has 2 amide bonds. The van der Waals surface area contributed by atoms with Crippen LogP contribution in [0.15, 0.2) is 18.2 Å². The van der Waals surface area contributed by atoms with E-state index in [1.807, 2.05) is 0 Å². The number of nitro benzene ring substituents is 1. The van der Waals surface area contributed by atoms with Crippen LogP contribution in [-0.4, -0.2) is 42.9 Å². The van der Waals surface area contributed by atoms with Crippen molar-refractivity contribution in [2.24, 2.45) is 0 Å². The van der Waals surface area contributed by atoms with Crippen molar-refractivity contribution in [3.8, 4) is 0 Å². The van der Waals surface area contributed by atoms with Gasteiger partial charge in [-0.1, -0.05) is 12.1 Å². The summed E-state index contributed by atoms with van der Waals surface area (Å²) >= 11 is 0. The number of nitrogens with zero attached hydrogens (tertiary/aromatic N) is 1. The maximum absolute atomic E-state index is 12.1. The second-order valence-corrected chi connectivity index (χ2v) is 5.93. The molecule has 3 N–H and O–H groups in total. The number of aryl methyl sites for hydroxylation is 1. The van der Waals surface area contributed by atoms with Gasteiger partial charge in [0.25, 0.3) is 17.5 Å². The summed E-state index contributed by atoms with van der Waals surface area (Å²) in [5.74, 6) is -0.446. The standard InChI is InChI=1S/C15H20N4O4/c1-10-4-3-5-12(19(22)23)15(10)17-14(21)9-18(2)8-13(20)16-11-6-7-11/h3-5,11H,6-9H2,1-2H3,(H,16,20)(H,17,21)/p+1. The zero-order valence-electron chi connectivity index (χ0n) is 13.2. The lowest BCUT2D eigenvalue weighted by atomic mass is 10.1. The summed E-state index contributed by atoms with van der Waals surface area (Å²) in [6.07, 6.45) is 2.03. The fourth-order valence-corrected chi connectivity index (χ4v) is 2.27. The number of rotatable bonds is 7. The molecule has 1 aromatic rings. The van der Waals surface area contributed by atoms with E-state index >= 15 is 0 Å². The summed E-state index contributed by atoms with van der Waals surface area (Å²) in [6, 6.07) is 4.91. The normalized spacial score (nSPS) is 14.9. The number of hydrogen-bond donors (Lipinski definition) is 3. The number of quaternary nitrogens is 1. The van der Waals surface area contributed by atoms with Crippen molar-refractivity contribution in [1.82, 2.24) is 5.32 Å². The Bertz CT molecular complexity index is 628. The fraction of sp³-hybridized carbons (Fsp3) is 0.467. The quantitative estimate of drug-likeness (QED) is 0.471. The maximum atomic E-state index is 12.1. The number of amides is 2. The molecule has 1 unspecified atom stereocenters. The Morgan fingerprint density at radius 2 is 1.96 bits per heavy atom. The molecular weight excluding hydrogens is 300 g/mol. The molecule has 8 heteroatoms. The molecule has 8 nitrogen and oxygen atoms in total. The summed E-state index contributed by atoms with van der Waals surface area (Å²) in [5, 5.41) is 16.5. The molecule has 0 aromatic heterocycles. The van der Waals surface area contributed by atoms with Gasteiger partial charge in [0, 0.05) is 12.1 Å². The van der Waals surface area contributed by atoms with E-state index in [1.54, 1.807) is 26.1 Å². The molecule has 1 atom stereocenters. The van der Waals surface area contributed by atoms with Gasteiger partial charge in [0.15, 0.2) is 13.1 Å². The molecule has 1 saturated carbocycles. The molecule has 0 saturated heterocycles. The van der Waals surface area contributed by atoms with Crippen molar-refractivity contribution in [2.75, 3.05) is 25.5 Å². The number of nitro groups is 1. The van der Waals surface area contributed by atoms with Crippen LogP contribution in [0.25, 0.3) is 0 Å². The summed E-state index contributed by atoms with van der Waals surface area (Å²) in [6.45, 7) is 1.95. The summed E-state index contributed by atoms with van der Waals surface area (Å²) < 4.78 is 0. The van der Waals surface area contributed by atoms with Crippen LogP contribution >= 0.6 is 0 Å². The third-order valence-corrected chi connectivity index (χ3v) is 3.58. The number of anilines is 1. The van der Waals surface area contributed by atoms with Crippen LogP contribution in [0.3, 0.4) is 0 Å². The van der Waals surface area contributed by atoms with Gasteiger partial charge in [0.05, 0.1) is 12.0 Å². The molecule has 1 aliphatic carbocycles. The Morgan fingerprint density at radius 3 is 2.57 bits per heavy atom. The number of benzene rings is 1. The van der Waals surface area contributed by atoms with E-state index in [-0.39, 0.29) is 36.3 Å². The van der Waals surface area contributed by atoms with Gasteiger partial charge in [-0.3, -0.25) is 19.7 Å². The topological polar surface area (TPSA) is 106 Å². The van der Waals surface area contributed by atoms with Crippen LogP contribution < -0.4 is 15.5 Å². The lowest BCUT2D eigenvalue weighted by Gasteiger charge is -2.14. The average molecular weight is 321 g/mol. The lowest BCUT2D eigenvalue weighted by molar-refractivity contribution is -0.862. The monoisotopic (exact) mass is 321 g/mol. The molecule has 1 aliphatic rings. The zero-order chi connectivity index (χ0) is 17.0. The summed E-state index contributed by atoms with van der Waals surface area (Å²) in [4.78, 5) is 35.0. The molecule has 1 fully saturated rings. The lowest BCUT2D eigenvalue weighted by Crippen LogP contribution is -3.11. The number of para-hydroxylation sites is 1. The first-order valence-electron chi connectivity index (χ1n) is 7.51. The number of likely N-dealkylation sites (N-methyl/N-ethyl adjacent to an activating group) is 1. The molecule has 0 heterocycles. The van der Waals surface area contributed by atoms with Gasteiger partial charge in [-0.05, 0) is 25.3 Å². The first kappa shape index (κ1) is 16.9. The molecule has 0 radical (unpaired) electrons. The first-order valence-corrected chi connectivity index (χ1v) is 7.51. The van der Waals surface area contributed by atoms with Crippen molar-refractivity contribution in [3.05, 3.63) is 33.9 Å². The van der Waals surface area contributed by atoms with Crippen molar-refractivity contribution in [3.63, 3.8) is 0 Å². The highest BCUT2D eigenvalue weighted by Crippen LogP contribution is 2.27. The van der Waals surface area contributed by atoms with Crippen molar-refractivity contribution in [2.45, 2.75) is 25.8 Å². The Hall–Kier alpha value is -2.48. The molecule has 0 spiro atoms. The van der Waals surface area contributed by atoms with Crippen molar-refractivity contribution >= 4 is 23.2 Å². The largest absolute Gasteiger partial charge is 0.348 e. The van der Waals surface area contributed by atoms with E-state index < -0.39 is 4.92 Å². The van der Waals surface area contributed by atoms with Crippen LogP contribution in [-0.2, 0) is 9.59 Å². The van der Waals surface area contributed by atoms with E-state index in [9.17, 15) is 19.7 Å². The minimum absolute atomic E-state index is 0.0591. The van der Waals surface area contributed by atoms with E-state index in [2.05, 4.69) is 10.6 Å². The molecule has 0 aliphatic heterocycles. The van der Waals surface area contributed by atoms with Crippen LogP contribution in [0.2, 0.25) is 0 Å². The zero-order valence-corrected chi connectivity index (χ0v) is 13.2. The smallest absolute Gasteiger partial charge is 0.293 e. The second-order valence-electron chi connectivity index (χ2n) is 5.93. The number of carbonyl (C=O) groups is 2. The van der Waals surface area contributed by atoms with Crippen LogP contribution in [0, 0.1) is 17.0 Å². The Labute approximate surface area is 134 Å². The predicted octanol–water partition coefficient (Wildman–Crippen LogP) is -0.365. The maximum Gasteiger partial charge on any atom is 0.293 e. The van der Waals surface area contributed by atoms with Gasteiger partial charge in [0.2, 0.25) is 0 Å². The van der Waals surface area contributed by atoms with Crippen molar-refractivity contribution in [1.29, 1.82) is 0 Å². The Morgan fingerprint density at radius 1 is 1.30 bits per heavy atom. The van der Waals surface area contributed by atoms with E-state index in [0.29, 0.717) is 11.6 Å². The summed E-state index contributed by atoms with van der Waals surface area (Å²) in [5.41, 5.74) is 0.692. The third kappa shape index (κ3) is 5.03. The first-order chi connectivity index (χ1) is 10.9. The van der Waals surface area contributed by atoms with E-state index in [4.69, 9.17) is 0 Å². The van der Waals surface area contributed by atoms with Gasteiger partial charge in [0.1, 0.15) is 5.69 Å². The number of carbonyl (C=O) groups excluding carboxylic acids is 2. The van der Waals surface area contributed by atoms with Crippen LogP contribution in [0.5, 0.6) is 0 Å². The van der Waals surface area contributed by atoms with Gasteiger partial charge < -0.3 is 15.5 Å². The molecular formula is C15H21N4O4+. The second kappa shape index (κ2) is 7.19. The van der Waals surface area contributed by atoms with Gasteiger partial charge in [-0.15, -0.1) is 0 Å². The number of nitrogens with one attached hydrogen (secondary N) is 3. The molecule has 23 heavy (non-hydrogen) atoms. The predicted molar refractivity (Wildman–Crippen MR) is 84.2 cm³/mol. The molecule has 2 rings (SSSR count). The highest BCUT2D eigenvalue weighted by Gasteiger charge is 2.25. The highest BCUT2D eigenvalue weighted by molar-refractivity contribution is 5.94. The fourth-order valence-electron chi connectivity index (χ4n) is 2.27. The SMILES string of the molecule is Cc1cccc([N+](=O)[O-])c1NC(=O)C[NH+](C)CC(=O)NC1CC1. The van der Waals surface area contributed by atoms with Crippen LogP contribution in [0.4, 0.5) is 11.4 Å². The van der Waals surface area contributed by atoms with E-state index in [0.717, 1.165) is 17.7 Å². The molecule has 0 bridgehead atoms. The van der Waals surface area contributed by atoms with Gasteiger partial charge in [-0.25, -0.2) is 0 Å². The molecule has 124 valence electrons. The van der Waals surface area contributed by atoms with Gasteiger partial charge in [-0.2, -0.15) is 0 Å². The van der Waals surface area contributed by atoms with Crippen molar-refractivity contribution < 1.29 is 19.4 Å². The third-order valence-electron chi connectivity index (χ3n) is 3.58.